The van der Waals surface area contributed by atoms with Gasteiger partial charge < -0.3 is 5.11 Å². The number of hydrogen-bond donors (Lipinski definition) is 1. The van der Waals surface area contributed by atoms with E-state index in [0.717, 1.165) is 0 Å². The third-order valence-corrected chi connectivity index (χ3v) is 3.06. The maximum atomic E-state index is 13.3. The van der Waals surface area contributed by atoms with Crippen molar-refractivity contribution in [2.75, 3.05) is 0 Å². The number of carboxylic acids is 1. The summed E-state index contributed by atoms with van der Waals surface area (Å²) in [5, 5.41) is 16.0. The Morgan fingerprint density at radius 3 is 2.47 bits per heavy atom. The Kier molecular flexibility index (Phi) is 3.73. The molecule has 0 radical (unpaired) electrons. The van der Waals surface area contributed by atoms with Crippen LogP contribution in [0.4, 0.5) is 4.39 Å². The van der Waals surface area contributed by atoms with Crippen molar-refractivity contribution in [2.45, 2.75) is 13.3 Å². The maximum Gasteiger partial charge on any atom is 0.358 e. The third kappa shape index (κ3) is 2.41. The highest BCUT2D eigenvalue weighted by molar-refractivity contribution is 6.35. The molecule has 0 fully saturated rings. The molecule has 1 aromatic carbocycles. The van der Waals surface area contributed by atoms with Gasteiger partial charge in [0.15, 0.2) is 11.5 Å². The molecule has 5 nitrogen and oxygen atoms in total. The number of benzene rings is 1. The van der Waals surface area contributed by atoms with Gasteiger partial charge in [-0.1, -0.05) is 35.3 Å². The molecule has 0 aliphatic heterocycles. The van der Waals surface area contributed by atoms with Gasteiger partial charge >= 0.3 is 5.97 Å². The largest absolute Gasteiger partial charge is 0.476 e. The molecule has 2 aromatic rings. The van der Waals surface area contributed by atoms with Crippen molar-refractivity contribution < 1.29 is 14.3 Å². The summed E-state index contributed by atoms with van der Waals surface area (Å²) in [5.74, 6) is -1.91. The maximum absolute atomic E-state index is 13.3. The van der Waals surface area contributed by atoms with Crippen LogP contribution in [-0.2, 0) is 6.42 Å². The minimum atomic E-state index is -1.18. The smallest absolute Gasteiger partial charge is 0.358 e. The lowest BCUT2D eigenvalue weighted by Crippen LogP contribution is -2.06. The van der Waals surface area contributed by atoms with Crippen molar-refractivity contribution in [3.8, 4) is 5.69 Å². The van der Waals surface area contributed by atoms with E-state index in [0.29, 0.717) is 17.8 Å². The molecular formula is C11H8Cl2FN3O2. The summed E-state index contributed by atoms with van der Waals surface area (Å²) in [6.07, 6.45) is 0.390. The minimum absolute atomic E-state index is 0.154. The Morgan fingerprint density at radius 2 is 2.00 bits per heavy atom. The van der Waals surface area contributed by atoms with Crippen LogP contribution in [0.15, 0.2) is 12.1 Å². The number of halogens is 3. The fourth-order valence-electron chi connectivity index (χ4n) is 1.66. The van der Waals surface area contributed by atoms with Crippen molar-refractivity contribution in [3.63, 3.8) is 0 Å². The Balaban J connectivity index is 2.62. The number of carboxylic acid groups (broad SMARTS) is 1. The van der Waals surface area contributed by atoms with Crippen LogP contribution in [-0.4, -0.2) is 26.1 Å². The fraction of sp³-hybridized carbons (Fsp3) is 0.182. The number of aromatic carboxylic acids is 1. The van der Waals surface area contributed by atoms with Gasteiger partial charge in [0, 0.05) is 0 Å². The fourth-order valence-corrected chi connectivity index (χ4v) is 2.13. The Bertz CT molecular complexity index is 634. The molecular weight excluding hydrogens is 296 g/mol. The van der Waals surface area contributed by atoms with E-state index in [2.05, 4.69) is 10.3 Å². The zero-order valence-electron chi connectivity index (χ0n) is 9.69. The van der Waals surface area contributed by atoms with E-state index in [1.54, 1.807) is 6.92 Å². The van der Waals surface area contributed by atoms with Crippen molar-refractivity contribution >= 4 is 29.2 Å². The summed E-state index contributed by atoms with van der Waals surface area (Å²) in [4.78, 5) is 11.0. The van der Waals surface area contributed by atoms with Gasteiger partial charge in [-0.3, -0.25) is 0 Å². The molecule has 8 heteroatoms. The van der Waals surface area contributed by atoms with E-state index in [-0.39, 0.29) is 15.7 Å². The lowest BCUT2D eigenvalue weighted by molar-refractivity contribution is 0.0689. The number of nitrogens with zero attached hydrogens (tertiary/aromatic N) is 3. The van der Waals surface area contributed by atoms with Crippen LogP contribution in [0.25, 0.3) is 5.69 Å². The standard InChI is InChI=1S/C11H8Cl2FN3O2/c1-2-8-10(11(18)19)15-16-17(8)5-3-6(12)9(14)7(13)4-5/h3-4H,2H2,1H3,(H,18,19). The number of aromatic nitrogens is 3. The summed E-state index contributed by atoms with van der Waals surface area (Å²) in [5.41, 5.74) is 0.582. The van der Waals surface area contributed by atoms with Crippen molar-refractivity contribution in [1.29, 1.82) is 0 Å². The highest BCUT2D eigenvalue weighted by Gasteiger charge is 2.19. The molecule has 0 saturated heterocycles. The summed E-state index contributed by atoms with van der Waals surface area (Å²) < 4.78 is 14.6. The molecule has 0 spiro atoms. The first-order valence-electron chi connectivity index (χ1n) is 5.28. The molecule has 2 rings (SSSR count). The molecule has 0 aliphatic carbocycles. The van der Waals surface area contributed by atoms with Gasteiger partial charge in [0.05, 0.1) is 21.4 Å². The van der Waals surface area contributed by atoms with Crippen molar-refractivity contribution in [1.82, 2.24) is 15.0 Å². The minimum Gasteiger partial charge on any atom is -0.476 e. The van der Waals surface area contributed by atoms with Crippen LogP contribution in [0.3, 0.4) is 0 Å². The van der Waals surface area contributed by atoms with Crippen LogP contribution in [0, 0.1) is 5.82 Å². The van der Waals surface area contributed by atoms with Crippen LogP contribution in [0.1, 0.15) is 23.1 Å². The van der Waals surface area contributed by atoms with Crippen LogP contribution < -0.4 is 0 Å². The summed E-state index contributed by atoms with van der Waals surface area (Å²) in [6.45, 7) is 1.76. The predicted molar refractivity (Wildman–Crippen MR) is 67.7 cm³/mol. The van der Waals surface area contributed by atoms with Crippen LogP contribution >= 0.6 is 23.2 Å². The van der Waals surface area contributed by atoms with Gasteiger partial charge in [0.1, 0.15) is 0 Å². The quantitative estimate of drug-likeness (QED) is 0.885. The van der Waals surface area contributed by atoms with Gasteiger partial charge in [-0.2, -0.15) is 0 Å². The molecule has 0 bridgehead atoms. The van der Waals surface area contributed by atoms with E-state index in [4.69, 9.17) is 28.3 Å². The Hall–Kier alpha value is -1.66. The first-order chi connectivity index (χ1) is 8.95. The Morgan fingerprint density at radius 1 is 1.42 bits per heavy atom. The molecule has 100 valence electrons. The number of hydrogen-bond acceptors (Lipinski definition) is 3. The topological polar surface area (TPSA) is 68.0 Å². The first kappa shape index (κ1) is 13.8. The summed E-state index contributed by atoms with van der Waals surface area (Å²) in [6, 6.07) is 2.62. The van der Waals surface area contributed by atoms with E-state index < -0.39 is 11.8 Å². The van der Waals surface area contributed by atoms with E-state index in [1.165, 1.54) is 16.8 Å². The molecule has 0 aliphatic rings. The third-order valence-electron chi connectivity index (χ3n) is 2.51. The molecule has 0 unspecified atom stereocenters. The lowest BCUT2D eigenvalue weighted by Gasteiger charge is -2.07. The summed E-state index contributed by atoms with van der Waals surface area (Å²) >= 11 is 11.4. The highest BCUT2D eigenvalue weighted by atomic mass is 35.5. The number of carbonyl (C=O) groups is 1. The monoisotopic (exact) mass is 303 g/mol. The summed E-state index contributed by atoms with van der Waals surface area (Å²) in [7, 11) is 0. The first-order valence-corrected chi connectivity index (χ1v) is 6.04. The lowest BCUT2D eigenvalue weighted by atomic mass is 10.2. The molecule has 0 saturated carbocycles. The average molecular weight is 304 g/mol. The normalized spacial score (nSPS) is 10.7. The van der Waals surface area contributed by atoms with E-state index >= 15 is 0 Å². The zero-order chi connectivity index (χ0) is 14.2. The van der Waals surface area contributed by atoms with E-state index in [1.807, 2.05) is 0 Å². The molecule has 1 N–H and O–H groups in total. The molecule has 1 heterocycles. The second-order valence-electron chi connectivity index (χ2n) is 3.68. The number of rotatable bonds is 3. The highest BCUT2D eigenvalue weighted by Crippen LogP contribution is 2.27. The second kappa shape index (κ2) is 5.14. The molecule has 1 aromatic heterocycles. The van der Waals surface area contributed by atoms with Crippen molar-refractivity contribution in [3.05, 3.63) is 39.4 Å². The molecule has 19 heavy (non-hydrogen) atoms. The SMILES string of the molecule is CCc1c(C(=O)O)nnn1-c1cc(Cl)c(F)c(Cl)c1. The van der Waals surface area contributed by atoms with E-state index in [9.17, 15) is 9.18 Å². The molecule has 0 amide bonds. The van der Waals surface area contributed by atoms with Gasteiger partial charge in [-0.15, -0.1) is 5.10 Å². The van der Waals surface area contributed by atoms with Crippen molar-refractivity contribution in [2.24, 2.45) is 0 Å². The van der Waals surface area contributed by atoms with Gasteiger partial charge in [0.2, 0.25) is 0 Å². The van der Waals surface area contributed by atoms with Gasteiger partial charge in [-0.25, -0.2) is 13.9 Å². The average Bonchev–Trinajstić information content (AvgIpc) is 2.79. The Labute approximate surface area is 117 Å². The zero-order valence-corrected chi connectivity index (χ0v) is 11.2. The van der Waals surface area contributed by atoms with Gasteiger partial charge in [0.25, 0.3) is 0 Å². The molecule has 0 atom stereocenters. The van der Waals surface area contributed by atoms with Crippen LogP contribution in [0.2, 0.25) is 10.0 Å². The second-order valence-corrected chi connectivity index (χ2v) is 4.49. The van der Waals surface area contributed by atoms with Crippen LogP contribution in [0.5, 0.6) is 0 Å². The predicted octanol–water partition coefficient (Wildman–Crippen LogP) is 2.97. The van der Waals surface area contributed by atoms with Gasteiger partial charge in [-0.05, 0) is 18.6 Å².